The predicted molar refractivity (Wildman–Crippen MR) is 82.1 cm³/mol. The van der Waals surface area contributed by atoms with Crippen LogP contribution in [0, 0.1) is 11.3 Å². The fourth-order valence-corrected chi connectivity index (χ4v) is 2.57. The van der Waals surface area contributed by atoms with E-state index >= 15 is 0 Å². The van der Waals surface area contributed by atoms with Gasteiger partial charge in [-0.3, -0.25) is 0 Å². The zero-order chi connectivity index (χ0) is 14.8. The van der Waals surface area contributed by atoms with Crippen LogP contribution >= 0.6 is 23.2 Å². The number of nitriles is 1. The molecule has 0 fully saturated rings. The molecule has 0 aliphatic carbocycles. The smallest absolute Gasteiger partial charge is 0.167 e. The van der Waals surface area contributed by atoms with E-state index in [9.17, 15) is 0 Å². The highest BCUT2D eigenvalue weighted by molar-refractivity contribution is 6.39. The predicted octanol–water partition coefficient (Wildman–Crippen LogP) is 5.19. The van der Waals surface area contributed by atoms with Crippen molar-refractivity contribution in [3.8, 4) is 28.7 Å². The highest BCUT2D eigenvalue weighted by Crippen LogP contribution is 2.35. The summed E-state index contributed by atoms with van der Waals surface area (Å²) < 4.78 is 5.34. The summed E-state index contributed by atoms with van der Waals surface area (Å²) >= 11 is 12.3. The van der Waals surface area contributed by atoms with Gasteiger partial charge in [0.25, 0.3) is 0 Å². The first-order valence-electron chi connectivity index (χ1n) is 6.10. The fraction of sp³-hybridized carbons (Fsp3) is 0. The standard InChI is InChI=1S/C16H8Cl2N2O/c17-12-2-1-3-13(18)16(12)14-8-15(21-20-14)11-6-4-10(9-19)5-7-11/h1-8H. The van der Waals surface area contributed by atoms with Crippen molar-refractivity contribution in [3.05, 3.63) is 64.1 Å². The fourth-order valence-electron chi connectivity index (χ4n) is 1.98. The van der Waals surface area contributed by atoms with Gasteiger partial charge in [-0.2, -0.15) is 5.26 Å². The lowest BCUT2D eigenvalue weighted by Crippen LogP contribution is -1.80. The first-order valence-corrected chi connectivity index (χ1v) is 6.86. The minimum Gasteiger partial charge on any atom is -0.356 e. The molecule has 2 aromatic carbocycles. The normalized spacial score (nSPS) is 10.3. The molecule has 0 radical (unpaired) electrons. The first-order chi connectivity index (χ1) is 10.2. The van der Waals surface area contributed by atoms with Gasteiger partial charge in [-0.05, 0) is 36.4 Å². The topological polar surface area (TPSA) is 49.8 Å². The molecule has 0 N–H and O–H groups in total. The van der Waals surface area contributed by atoms with Gasteiger partial charge in [0.2, 0.25) is 0 Å². The summed E-state index contributed by atoms with van der Waals surface area (Å²) in [4.78, 5) is 0. The van der Waals surface area contributed by atoms with Crippen molar-refractivity contribution < 1.29 is 4.52 Å². The molecule has 0 saturated heterocycles. The maximum Gasteiger partial charge on any atom is 0.167 e. The Bertz CT molecular complexity index is 812. The van der Waals surface area contributed by atoms with Crippen LogP contribution in [0.4, 0.5) is 0 Å². The van der Waals surface area contributed by atoms with Crippen LogP contribution in [-0.4, -0.2) is 5.16 Å². The Morgan fingerprint density at radius 3 is 2.29 bits per heavy atom. The summed E-state index contributed by atoms with van der Waals surface area (Å²) in [6.07, 6.45) is 0. The van der Waals surface area contributed by atoms with E-state index in [4.69, 9.17) is 33.0 Å². The number of hydrogen-bond acceptors (Lipinski definition) is 3. The Hall–Kier alpha value is -2.28. The van der Waals surface area contributed by atoms with Gasteiger partial charge in [0.05, 0.1) is 21.7 Å². The average Bonchev–Trinajstić information content (AvgIpc) is 2.97. The van der Waals surface area contributed by atoms with Crippen molar-refractivity contribution in [2.24, 2.45) is 0 Å². The van der Waals surface area contributed by atoms with Gasteiger partial charge < -0.3 is 4.52 Å². The molecule has 0 amide bonds. The van der Waals surface area contributed by atoms with Crippen LogP contribution in [0.1, 0.15) is 5.56 Å². The largest absolute Gasteiger partial charge is 0.356 e. The summed E-state index contributed by atoms with van der Waals surface area (Å²) in [5.41, 5.74) is 2.64. The van der Waals surface area contributed by atoms with Crippen LogP contribution in [0.25, 0.3) is 22.6 Å². The van der Waals surface area contributed by atoms with Crippen molar-refractivity contribution in [1.29, 1.82) is 5.26 Å². The minimum atomic E-state index is 0.516. The lowest BCUT2D eigenvalue weighted by molar-refractivity contribution is 0.435. The van der Waals surface area contributed by atoms with Crippen molar-refractivity contribution in [2.75, 3.05) is 0 Å². The van der Waals surface area contributed by atoms with Gasteiger partial charge in [0.15, 0.2) is 5.76 Å². The van der Waals surface area contributed by atoms with E-state index < -0.39 is 0 Å². The van der Waals surface area contributed by atoms with Crippen molar-refractivity contribution in [1.82, 2.24) is 5.16 Å². The summed E-state index contributed by atoms with van der Waals surface area (Å²) in [6, 6.07) is 16.2. The van der Waals surface area contributed by atoms with Gasteiger partial charge in [0, 0.05) is 17.2 Å². The SMILES string of the molecule is N#Cc1ccc(-c2cc(-c3c(Cl)cccc3Cl)no2)cc1. The second kappa shape index (κ2) is 5.61. The second-order valence-electron chi connectivity index (χ2n) is 4.36. The van der Waals surface area contributed by atoms with E-state index in [2.05, 4.69) is 11.2 Å². The summed E-state index contributed by atoms with van der Waals surface area (Å²) in [7, 11) is 0. The van der Waals surface area contributed by atoms with Gasteiger partial charge in [-0.1, -0.05) is 34.4 Å². The van der Waals surface area contributed by atoms with Crippen LogP contribution in [-0.2, 0) is 0 Å². The molecule has 102 valence electrons. The van der Waals surface area contributed by atoms with Crippen LogP contribution in [0.3, 0.4) is 0 Å². The van der Waals surface area contributed by atoms with E-state index in [1.54, 1.807) is 48.5 Å². The minimum absolute atomic E-state index is 0.516. The molecular weight excluding hydrogens is 307 g/mol. The lowest BCUT2D eigenvalue weighted by Gasteiger charge is -2.01. The summed E-state index contributed by atoms with van der Waals surface area (Å²) in [5, 5.41) is 13.8. The Morgan fingerprint density at radius 2 is 1.67 bits per heavy atom. The Morgan fingerprint density at radius 1 is 1.00 bits per heavy atom. The molecule has 0 aliphatic heterocycles. The summed E-state index contributed by atoms with van der Waals surface area (Å²) in [6.45, 7) is 0. The second-order valence-corrected chi connectivity index (χ2v) is 5.18. The Labute approximate surface area is 131 Å². The average molecular weight is 315 g/mol. The maximum absolute atomic E-state index is 8.80. The van der Waals surface area contributed by atoms with Gasteiger partial charge in [-0.25, -0.2) is 0 Å². The molecular formula is C16H8Cl2N2O. The molecule has 1 aromatic heterocycles. The monoisotopic (exact) mass is 314 g/mol. The molecule has 3 nitrogen and oxygen atoms in total. The lowest BCUT2D eigenvalue weighted by atomic mass is 10.1. The quantitative estimate of drug-likeness (QED) is 0.654. The number of halogens is 2. The number of nitrogens with zero attached hydrogens (tertiary/aromatic N) is 2. The van der Waals surface area contributed by atoms with Crippen LogP contribution in [0.15, 0.2) is 53.1 Å². The maximum atomic E-state index is 8.80. The van der Waals surface area contributed by atoms with E-state index in [0.29, 0.717) is 32.6 Å². The van der Waals surface area contributed by atoms with Crippen molar-refractivity contribution in [3.63, 3.8) is 0 Å². The molecule has 0 bridgehead atoms. The van der Waals surface area contributed by atoms with Crippen LogP contribution < -0.4 is 0 Å². The Kier molecular flexibility index (Phi) is 3.66. The highest BCUT2D eigenvalue weighted by Gasteiger charge is 2.14. The molecule has 1 heterocycles. The molecule has 0 spiro atoms. The van der Waals surface area contributed by atoms with E-state index in [1.165, 1.54) is 0 Å². The summed E-state index contributed by atoms with van der Waals surface area (Å²) in [5.74, 6) is 0.588. The first kappa shape index (κ1) is 13.7. The third kappa shape index (κ3) is 2.64. The van der Waals surface area contributed by atoms with Crippen LogP contribution in [0.2, 0.25) is 10.0 Å². The molecule has 0 unspecified atom stereocenters. The van der Waals surface area contributed by atoms with Gasteiger partial charge >= 0.3 is 0 Å². The molecule has 21 heavy (non-hydrogen) atoms. The molecule has 3 aromatic rings. The molecule has 0 atom stereocenters. The van der Waals surface area contributed by atoms with Gasteiger partial charge in [0.1, 0.15) is 5.69 Å². The molecule has 0 saturated carbocycles. The van der Waals surface area contributed by atoms with Crippen molar-refractivity contribution >= 4 is 23.2 Å². The number of aromatic nitrogens is 1. The zero-order valence-corrected chi connectivity index (χ0v) is 12.2. The van der Waals surface area contributed by atoms with Crippen LogP contribution in [0.5, 0.6) is 0 Å². The van der Waals surface area contributed by atoms with E-state index in [0.717, 1.165) is 5.56 Å². The number of hydrogen-bond donors (Lipinski definition) is 0. The van der Waals surface area contributed by atoms with Crippen molar-refractivity contribution in [2.45, 2.75) is 0 Å². The van der Waals surface area contributed by atoms with E-state index in [-0.39, 0.29) is 0 Å². The highest BCUT2D eigenvalue weighted by atomic mass is 35.5. The zero-order valence-electron chi connectivity index (χ0n) is 10.7. The third-order valence-corrected chi connectivity index (χ3v) is 3.66. The third-order valence-electron chi connectivity index (χ3n) is 3.03. The molecule has 0 aliphatic rings. The van der Waals surface area contributed by atoms with Gasteiger partial charge in [-0.15, -0.1) is 0 Å². The number of benzene rings is 2. The Balaban J connectivity index is 2.02. The number of rotatable bonds is 2. The molecule has 5 heteroatoms. The van der Waals surface area contributed by atoms with E-state index in [1.807, 2.05) is 0 Å². The molecule has 3 rings (SSSR count).